The number of carbonyl (C=O) groups is 2. The van der Waals surface area contributed by atoms with Gasteiger partial charge in [0, 0.05) is 37.7 Å². The number of likely N-dealkylation sites (tertiary alicyclic amines) is 1. The van der Waals surface area contributed by atoms with E-state index in [4.69, 9.17) is 4.74 Å². The zero-order valence-electron chi connectivity index (χ0n) is 21.9. The Morgan fingerprint density at radius 1 is 1.07 bits per heavy atom. The molecule has 2 saturated heterocycles. The number of hydrogen-bond donors (Lipinski definition) is 0. The lowest BCUT2D eigenvalue weighted by Gasteiger charge is -2.41. The topological polar surface area (TPSA) is 96.2 Å². The van der Waals surface area contributed by atoms with Crippen molar-refractivity contribution in [2.24, 2.45) is 5.10 Å². The minimum absolute atomic E-state index is 0.0410. The molecule has 208 valence electrons. The van der Waals surface area contributed by atoms with E-state index in [0.29, 0.717) is 42.2 Å². The van der Waals surface area contributed by atoms with Crippen molar-refractivity contribution in [3.8, 4) is 11.6 Å². The number of urea groups is 1. The van der Waals surface area contributed by atoms with Gasteiger partial charge in [-0.25, -0.2) is 32.6 Å². The Morgan fingerprint density at radius 3 is 2.52 bits per heavy atom. The van der Waals surface area contributed by atoms with E-state index >= 15 is 0 Å². The maximum atomic E-state index is 14.7. The fourth-order valence-corrected chi connectivity index (χ4v) is 5.38. The summed E-state index contributed by atoms with van der Waals surface area (Å²) in [5.41, 5.74) is 2.41. The zero-order valence-corrected chi connectivity index (χ0v) is 21.9. The summed E-state index contributed by atoms with van der Waals surface area (Å²) in [6, 6.07) is 3.51. The second-order valence-corrected chi connectivity index (χ2v) is 10.1. The van der Waals surface area contributed by atoms with Crippen LogP contribution >= 0.6 is 0 Å². The number of hydrazone groups is 1. The molecule has 0 radical (unpaired) electrons. The van der Waals surface area contributed by atoms with Gasteiger partial charge in [-0.15, -0.1) is 0 Å². The third kappa shape index (κ3) is 4.54. The number of halogens is 3. The third-order valence-electron chi connectivity index (χ3n) is 7.33. The molecule has 3 aliphatic rings. The zero-order chi connectivity index (χ0) is 28.1. The van der Waals surface area contributed by atoms with Crippen molar-refractivity contribution in [1.29, 1.82) is 0 Å². The highest BCUT2D eigenvalue weighted by atomic mass is 19.1. The maximum Gasteiger partial charge on any atom is 0.341 e. The van der Waals surface area contributed by atoms with Crippen LogP contribution in [0.5, 0.6) is 5.75 Å². The van der Waals surface area contributed by atoms with E-state index in [9.17, 15) is 22.8 Å². The van der Waals surface area contributed by atoms with E-state index in [1.54, 1.807) is 9.58 Å². The van der Waals surface area contributed by atoms with Crippen LogP contribution in [-0.4, -0.2) is 68.6 Å². The number of ether oxygens (including phenoxy) is 1. The second kappa shape index (κ2) is 9.96. The number of pyridine rings is 1. The highest BCUT2D eigenvalue weighted by Gasteiger charge is 2.39. The molecule has 0 spiro atoms. The highest BCUT2D eigenvalue weighted by Crippen LogP contribution is 2.33. The number of rotatable bonds is 5. The number of hydrogen-bond acceptors (Lipinski definition) is 6. The van der Waals surface area contributed by atoms with Crippen LogP contribution in [0, 0.1) is 31.3 Å². The van der Waals surface area contributed by atoms with E-state index in [1.165, 1.54) is 34.3 Å². The lowest BCUT2D eigenvalue weighted by molar-refractivity contribution is -0.117. The fraction of sp³-hybridized carbons (Fsp3) is 0.370. The molecule has 1 atom stereocenters. The summed E-state index contributed by atoms with van der Waals surface area (Å²) < 4.78 is 49.5. The Balaban J connectivity index is 1.13. The van der Waals surface area contributed by atoms with Gasteiger partial charge in [0.2, 0.25) is 5.91 Å². The molecular weight excluding hydrogens is 527 g/mol. The number of carbonyl (C=O) groups excluding carboxylic acids is 2. The van der Waals surface area contributed by atoms with Gasteiger partial charge in [0.1, 0.15) is 17.7 Å². The van der Waals surface area contributed by atoms with Crippen LogP contribution in [0.1, 0.15) is 42.3 Å². The smallest absolute Gasteiger partial charge is 0.341 e. The molecule has 0 saturated carbocycles. The number of amides is 3. The molecule has 13 heteroatoms. The van der Waals surface area contributed by atoms with Crippen LogP contribution in [0.4, 0.5) is 23.7 Å². The molecule has 1 unspecified atom stereocenters. The van der Waals surface area contributed by atoms with Crippen LogP contribution in [-0.2, 0) is 4.79 Å². The lowest BCUT2D eigenvalue weighted by atomic mass is 10.0. The van der Waals surface area contributed by atoms with Gasteiger partial charge in [-0.2, -0.15) is 10.2 Å². The Labute approximate surface area is 227 Å². The summed E-state index contributed by atoms with van der Waals surface area (Å²) in [5.74, 6) is -1.79. The molecular formula is C27H26F3N7O3. The van der Waals surface area contributed by atoms with Crippen molar-refractivity contribution in [3.05, 3.63) is 64.9 Å². The van der Waals surface area contributed by atoms with Gasteiger partial charge < -0.3 is 14.5 Å². The van der Waals surface area contributed by atoms with E-state index in [-0.39, 0.29) is 24.7 Å². The number of nitrogens with zero attached hydrogens (tertiary/aromatic N) is 7. The third-order valence-corrected chi connectivity index (χ3v) is 7.33. The lowest BCUT2D eigenvalue weighted by Crippen LogP contribution is -2.58. The molecule has 1 aromatic carbocycles. The molecule has 5 heterocycles. The van der Waals surface area contributed by atoms with Crippen LogP contribution in [0.2, 0.25) is 0 Å². The SMILES string of the molecule is Cc1nn(-c2cc(OC3CN(C(=O)N4N=CCC4c4cc(F)cc(F)c4)C3)c(F)cn2)c(C)c1N1CCCC1=O. The van der Waals surface area contributed by atoms with Gasteiger partial charge in [-0.05, 0) is 38.0 Å². The Kier molecular flexibility index (Phi) is 6.43. The summed E-state index contributed by atoms with van der Waals surface area (Å²) in [6.45, 7) is 4.61. The van der Waals surface area contributed by atoms with Crippen molar-refractivity contribution in [3.63, 3.8) is 0 Å². The molecule has 40 heavy (non-hydrogen) atoms. The Bertz CT molecular complexity index is 1520. The molecule has 0 bridgehead atoms. The first-order valence-corrected chi connectivity index (χ1v) is 13.0. The summed E-state index contributed by atoms with van der Waals surface area (Å²) >= 11 is 0. The van der Waals surface area contributed by atoms with E-state index in [1.807, 2.05) is 13.8 Å². The second-order valence-electron chi connectivity index (χ2n) is 10.1. The van der Waals surface area contributed by atoms with Crippen molar-refractivity contribution < 1.29 is 27.5 Å². The molecule has 3 aromatic rings. The number of aromatic nitrogens is 3. The predicted molar refractivity (Wildman–Crippen MR) is 138 cm³/mol. The summed E-state index contributed by atoms with van der Waals surface area (Å²) in [7, 11) is 0. The standard InChI is InChI=1S/C27H26F3N7O3/c1-15-26(35-7-3-4-25(35)38)16(2)36(33-15)24-11-23(21(30)12-31-24)40-20-13-34(14-20)27(39)37-22(5-6-32-37)17-8-18(28)10-19(29)9-17/h6,8-12,20,22H,3-5,7,13-14H2,1-2H3. The molecule has 2 aromatic heterocycles. The fourth-order valence-electron chi connectivity index (χ4n) is 5.38. The average molecular weight is 554 g/mol. The first-order chi connectivity index (χ1) is 19.2. The van der Waals surface area contributed by atoms with Crippen molar-refractivity contribution in [2.45, 2.75) is 45.3 Å². The van der Waals surface area contributed by atoms with Crippen molar-refractivity contribution in [2.75, 3.05) is 24.5 Å². The van der Waals surface area contributed by atoms with Crippen molar-refractivity contribution >= 4 is 23.8 Å². The number of anilines is 1. The van der Waals surface area contributed by atoms with Crippen LogP contribution < -0.4 is 9.64 Å². The maximum absolute atomic E-state index is 14.7. The molecule has 10 nitrogen and oxygen atoms in total. The first-order valence-electron chi connectivity index (χ1n) is 13.0. The monoisotopic (exact) mass is 553 g/mol. The highest BCUT2D eigenvalue weighted by molar-refractivity contribution is 5.96. The molecule has 0 N–H and O–H groups in total. The summed E-state index contributed by atoms with van der Waals surface area (Å²) in [4.78, 5) is 32.7. The Morgan fingerprint density at radius 2 is 1.82 bits per heavy atom. The molecule has 2 fully saturated rings. The number of benzene rings is 1. The number of aryl methyl sites for hydroxylation is 1. The minimum Gasteiger partial charge on any atom is -0.483 e. The van der Waals surface area contributed by atoms with Crippen LogP contribution in [0.3, 0.4) is 0 Å². The van der Waals surface area contributed by atoms with Gasteiger partial charge >= 0.3 is 6.03 Å². The first kappa shape index (κ1) is 25.8. The van der Waals surface area contributed by atoms with E-state index in [2.05, 4.69) is 15.2 Å². The molecule has 3 amide bonds. The van der Waals surface area contributed by atoms with E-state index in [0.717, 1.165) is 24.4 Å². The largest absolute Gasteiger partial charge is 0.483 e. The Hall–Kier alpha value is -4.42. The van der Waals surface area contributed by atoms with Crippen LogP contribution in [0.15, 0.2) is 35.6 Å². The van der Waals surface area contributed by atoms with Gasteiger partial charge in [0.05, 0.1) is 42.4 Å². The van der Waals surface area contributed by atoms with E-state index < -0.39 is 35.6 Å². The van der Waals surface area contributed by atoms with Gasteiger partial charge in [-0.3, -0.25) is 4.79 Å². The van der Waals surface area contributed by atoms with Gasteiger partial charge in [0.25, 0.3) is 0 Å². The summed E-state index contributed by atoms with van der Waals surface area (Å²) in [6.07, 6.45) is 3.69. The van der Waals surface area contributed by atoms with Gasteiger partial charge in [0.15, 0.2) is 17.4 Å². The quantitative estimate of drug-likeness (QED) is 0.475. The molecule has 3 aliphatic heterocycles. The van der Waals surface area contributed by atoms with Gasteiger partial charge in [-0.1, -0.05) is 0 Å². The van der Waals surface area contributed by atoms with Crippen molar-refractivity contribution in [1.82, 2.24) is 24.7 Å². The normalized spacial score (nSPS) is 19.1. The predicted octanol–water partition coefficient (Wildman–Crippen LogP) is 4.04. The minimum atomic E-state index is -0.730. The summed E-state index contributed by atoms with van der Waals surface area (Å²) in [5, 5.41) is 9.83. The molecule has 6 rings (SSSR count). The molecule has 0 aliphatic carbocycles. The van der Waals surface area contributed by atoms with Crippen LogP contribution in [0.25, 0.3) is 5.82 Å². The average Bonchev–Trinajstić information content (AvgIpc) is 3.60.